The molecule has 0 aliphatic carbocycles. The number of nitrogens with zero attached hydrogens (tertiary/aromatic N) is 1. The van der Waals surface area contributed by atoms with E-state index in [-0.39, 0.29) is 23.9 Å². The van der Waals surface area contributed by atoms with Gasteiger partial charge in [-0.3, -0.25) is 9.59 Å². The Morgan fingerprint density at radius 3 is 2.33 bits per heavy atom. The summed E-state index contributed by atoms with van der Waals surface area (Å²) in [6.45, 7) is 5.74. The maximum atomic E-state index is 13.8. The number of benzene rings is 2. The van der Waals surface area contributed by atoms with Crippen LogP contribution in [0.25, 0.3) is 0 Å². The van der Waals surface area contributed by atoms with Crippen molar-refractivity contribution in [2.24, 2.45) is 0 Å². The molecule has 24 heavy (non-hydrogen) atoms. The molecule has 1 saturated heterocycles. The van der Waals surface area contributed by atoms with Crippen LogP contribution in [0.15, 0.2) is 36.4 Å². The van der Waals surface area contributed by atoms with Crippen molar-refractivity contribution in [3.05, 3.63) is 58.9 Å². The van der Waals surface area contributed by atoms with Gasteiger partial charge in [-0.05, 0) is 44.0 Å². The molecule has 1 fully saturated rings. The van der Waals surface area contributed by atoms with Crippen molar-refractivity contribution in [1.82, 2.24) is 0 Å². The number of amides is 2. The first-order valence-electron chi connectivity index (χ1n) is 7.84. The van der Waals surface area contributed by atoms with Gasteiger partial charge in [-0.1, -0.05) is 29.8 Å². The summed E-state index contributed by atoms with van der Waals surface area (Å²) < 4.78 is 13.8. The molecular weight excluding hydrogens is 307 g/mol. The van der Waals surface area contributed by atoms with Crippen molar-refractivity contribution in [1.29, 1.82) is 0 Å². The Bertz CT molecular complexity index is 809. The van der Waals surface area contributed by atoms with Crippen LogP contribution in [0.3, 0.4) is 0 Å². The summed E-state index contributed by atoms with van der Waals surface area (Å²) in [4.78, 5) is 26.4. The summed E-state index contributed by atoms with van der Waals surface area (Å²) in [6.07, 6.45) is 0.0138. The standard InChI is InChI=1S/C19H19FN2O2/c1-11-8-12(2)18(13(3)9-11)22-17(23)10-16(19(22)24)21-15-7-5-4-6-14(15)20/h4-9,16,21H,10H2,1-3H3/t16-/m1/s1. The van der Waals surface area contributed by atoms with E-state index in [0.717, 1.165) is 16.7 Å². The Balaban J connectivity index is 1.92. The molecule has 1 aliphatic heterocycles. The maximum absolute atomic E-state index is 13.8. The lowest BCUT2D eigenvalue weighted by Gasteiger charge is -2.21. The number of carbonyl (C=O) groups excluding carboxylic acids is 2. The van der Waals surface area contributed by atoms with E-state index in [1.54, 1.807) is 18.2 Å². The molecule has 0 spiro atoms. The van der Waals surface area contributed by atoms with E-state index < -0.39 is 11.9 Å². The van der Waals surface area contributed by atoms with E-state index in [4.69, 9.17) is 0 Å². The van der Waals surface area contributed by atoms with Gasteiger partial charge in [0.2, 0.25) is 5.91 Å². The van der Waals surface area contributed by atoms with Crippen LogP contribution >= 0.6 is 0 Å². The van der Waals surface area contributed by atoms with E-state index >= 15 is 0 Å². The summed E-state index contributed by atoms with van der Waals surface area (Å²) in [5.41, 5.74) is 3.69. The highest BCUT2D eigenvalue weighted by Crippen LogP contribution is 2.31. The molecule has 2 aromatic carbocycles. The second-order valence-electron chi connectivity index (χ2n) is 6.20. The molecule has 0 radical (unpaired) electrons. The zero-order valence-corrected chi connectivity index (χ0v) is 13.9. The van der Waals surface area contributed by atoms with Gasteiger partial charge in [-0.25, -0.2) is 9.29 Å². The van der Waals surface area contributed by atoms with Gasteiger partial charge in [0.25, 0.3) is 5.91 Å². The number of nitrogens with one attached hydrogen (secondary N) is 1. The molecule has 1 atom stereocenters. The monoisotopic (exact) mass is 326 g/mol. The normalized spacial score (nSPS) is 17.5. The smallest absolute Gasteiger partial charge is 0.256 e. The van der Waals surface area contributed by atoms with Gasteiger partial charge >= 0.3 is 0 Å². The van der Waals surface area contributed by atoms with Crippen molar-refractivity contribution < 1.29 is 14.0 Å². The van der Waals surface area contributed by atoms with Crippen molar-refractivity contribution >= 4 is 23.2 Å². The number of anilines is 2. The van der Waals surface area contributed by atoms with E-state index in [1.807, 2.05) is 32.9 Å². The predicted molar refractivity (Wildman–Crippen MR) is 91.6 cm³/mol. The zero-order valence-electron chi connectivity index (χ0n) is 13.9. The molecule has 4 nitrogen and oxygen atoms in total. The van der Waals surface area contributed by atoms with E-state index in [2.05, 4.69) is 5.32 Å². The molecule has 0 saturated carbocycles. The van der Waals surface area contributed by atoms with Gasteiger partial charge in [-0.2, -0.15) is 0 Å². The topological polar surface area (TPSA) is 49.4 Å². The average Bonchev–Trinajstić information content (AvgIpc) is 2.76. The van der Waals surface area contributed by atoms with Gasteiger partial charge in [0, 0.05) is 0 Å². The third kappa shape index (κ3) is 2.77. The quantitative estimate of drug-likeness (QED) is 0.878. The minimum atomic E-state index is -0.755. The van der Waals surface area contributed by atoms with Gasteiger partial charge in [0.05, 0.1) is 17.8 Å². The molecular formula is C19H19FN2O2. The minimum Gasteiger partial charge on any atom is -0.371 e. The number of hydrogen-bond acceptors (Lipinski definition) is 3. The van der Waals surface area contributed by atoms with E-state index in [0.29, 0.717) is 5.69 Å². The van der Waals surface area contributed by atoms with Crippen LogP contribution in [0.4, 0.5) is 15.8 Å². The molecule has 0 bridgehead atoms. The minimum absolute atomic E-state index is 0.0138. The highest BCUT2D eigenvalue weighted by Gasteiger charge is 2.41. The molecule has 5 heteroatoms. The molecule has 2 aromatic rings. The van der Waals surface area contributed by atoms with Crippen LogP contribution in [0, 0.1) is 26.6 Å². The van der Waals surface area contributed by atoms with Crippen molar-refractivity contribution in [2.75, 3.05) is 10.2 Å². The van der Waals surface area contributed by atoms with Crippen LogP contribution in [0.2, 0.25) is 0 Å². The summed E-state index contributed by atoms with van der Waals surface area (Å²) in [5, 5.41) is 2.85. The zero-order chi connectivity index (χ0) is 17.4. The van der Waals surface area contributed by atoms with Crippen LogP contribution in [0.1, 0.15) is 23.1 Å². The fourth-order valence-electron chi connectivity index (χ4n) is 3.27. The highest BCUT2D eigenvalue weighted by atomic mass is 19.1. The summed E-state index contributed by atoms with van der Waals surface area (Å²) in [5.74, 6) is -1.07. The largest absolute Gasteiger partial charge is 0.371 e. The molecule has 0 unspecified atom stereocenters. The Morgan fingerprint density at radius 1 is 1.08 bits per heavy atom. The van der Waals surface area contributed by atoms with Crippen molar-refractivity contribution in [3.63, 3.8) is 0 Å². The SMILES string of the molecule is Cc1cc(C)c(N2C(=O)C[C@@H](Nc3ccccc3F)C2=O)c(C)c1. The van der Waals surface area contributed by atoms with Gasteiger partial charge in [0.15, 0.2) is 0 Å². The lowest BCUT2D eigenvalue weighted by molar-refractivity contribution is -0.121. The summed E-state index contributed by atoms with van der Waals surface area (Å²) in [7, 11) is 0. The molecule has 3 rings (SSSR count). The molecule has 2 amide bonds. The van der Waals surface area contributed by atoms with Crippen LogP contribution < -0.4 is 10.2 Å². The number of hydrogen-bond donors (Lipinski definition) is 1. The third-order valence-corrected chi connectivity index (χ3v) is 4.21. The Labute approximate surface area is 140 Å². The molecule has 0 aromatic heterocycles. The van der Waals surface area contributed by atoms with Crippen molar-refractivity contribution in [2.45, 2.75) is 33.2 Å². The average molecular weight is 326 g/mol. The first kappa shape index (κ1) is 16.2. The Kier molecular flexibility index (Phi) is 4.09. The van der Waals surface area contributed by atoms with Crippen LogP contribution in [-0.4, -0.2) is 17.9 Å². The van der Waals surface area contributed by atoms with Crippen LogP contribution in [0.5, 0.6) is 0 Å². The Morgan fingerprint density at radius 2 is 1.71 bits per heavy atom. The highest BCUT2D eigenvalue weighted by molar-refractivity contribution is 6.23. The first-order chi connectivity index (χ1) is 11.4. The number of imide groups is 1. The second kappa shape index (κ2) is 6.07. The number of carbonyl (C=O) groups is 2. The number of rotatable bonds is 3. The third-order valence-electron chi connectivity index (χ3n) is 4.21. The molecule has 1 N–H and O–H groups in total. The number of aryl methyl sites for hydroxylation is 3. The van der Waals surface area contributed by atoms with E-state index in [9.17, 15) is 14.0 Å². The molecule has 1 aliphatic rings. The number of halogens is 1. The number of para-hydroxylation sites is 1. The van der Waals surface area contributed by atoms with Crippen molar-refractivity contribution in [3.8, 4) is 0 Å². The molecule has 1 heterocycles. The maximum Gasteiger partial charge on any atom is 0.256 e. The fourth-order valence-corrected chi connectivity index (χ4v) is 3.27. The summed E-state index contributed by atoms with van der Waals surface area (Å²) >= 11 is 0. The second-order valence-corrected chi connectivity index (χ2v) is 6.20. The van der Waals surface area contributed by atoms with Gasteiger partial charge in [0.1, 0.15) is 11.9 Å². The van der Waals surface area contributed by atoms with Gasteiger partial charge in [-0.15, -0.1) is 0 Å². The van der Waals surface area contributed by atoms with Gasteiger partial charge < -0.3 is 5.32 Å². The molecule has 124 valence electrons. The predicted octanol–water partition coefficient (Wildman–Crippen LogP) is 3.49. The van der Waals surface area contributed by atoms with Crippen LogP contribution in [-0.2, 0) is 9.59 Å². The lowest BCUT2D eigenvalue weighted by atomic mass is 10.0. The first-order valence-corrected chi connectivity index (χ1v) is 7.84. The van der Waals surface area contributed by atoms with E-state index in [1.165, 1.54) is 11.0 Å². The fraction of sp³-hybridized carbons (Fsp3) is 0.263. The lowest BCUT2D eigenvalue weighted by Crippen LogP contribution is -2.35. The Hall–Kier alpha value is -2.69. The summed E-state index contributed by atoms with van der Waals surface area (Å²) in [6, 6.07) is 9.26.